The summed E-state index contributed by atoms with van der Waals surface area (Å²) in [5.41, 5.74) is 1.10. The van der Waals surface area contributed by atoms with Gasteiger partial charge in [0.15, 0.2) is 0 Å². The maximum atomic E-state index is 13.0. The van der Waals surface area contributed by atoms with Crippen LogP contribution in [0.25, 0.3) is 0 Å². The van der Waals surface area contributed by atoms with Gasteiger partial charge in [0.1, 0.15) is 5.82 Å². The molecule has 92 valence electrons. The second-order valence-corrected chi connectivity index (χ2v) is 5.53. The van der Waals surface area contributed by atoms with Crippen molar-refractivity contribution in [1.82, 2.24) is 10.2 Å². The molecule has 0 unspecified atom stereocenters. The van der Waals surface area contributed by atoms with Gasteiger partial charge in [0, 0.05) is 19.6 Å². The van der Waals surface area contributed by atoms with Crippen LogP contribution < -0.4 is 5.32 Å². The first kappa shape index (κ1) is 11.5. The van der Waals surface area contributed by atoms with Gasteiger partial charge in [-0.1, -0.05) is 17.7 Å². The van der Waals surface area contributed by atoms with E-state index in [1.54, 1.807) is 6.07 Å². The Kier molecular flexibility index (Phi) is 3.07. The minimum atomic E-state index is -0.335. The van der Waals surface area contributed by atoms with Crippen molar-refractivity contribution in [1.29, 1.82) is 0 Å². The Bertz CT molecular complexity index is 412. The Labute approximate surface area is 106 Å². The molecule has 2 heterocycles. The molecule has 0 spiro atoms. The van der Waals surface area contributed by atoms with E-state index in [1.165, 1.54) is 6.07 Å². The lowest BCUT2D eigenvalue weighted by Gasteiger charge is -2.17. The normalized spacial score (nSPS) is 28.6. The summed E-state index contributed by atoms with van der Waals surface area (Å²) in [6, 6.07) is 5.02. The summed E-state index contributed by atoms with van der Waals surface area (Å²) < 4.78 is 13.0. The van der Waals surface area contributed by atoms with Crippen LogP contribution in [0.2, 0.25) is 5.02 Å². The van der Waals surface area contributed by atoms with Gasteiger partial charge in [-0.3, -0.25) is 4.90 Å². The minimum absolute atomic E-state index is 0.226. The molecule has 1 aromatic rings. The molecule has 0 bridgehead atoms. The van der Waals surface area contributed by atoms with Crippen LogP contribution in [-0.4, -0.2) is 31.1 Å². The van der Waals surface area contributed by atoms with Crippen molar-refractivity contribution in [3.63, 3.8) is 0 Å². The molecule has 0 aliphatic carbocycles. The molecule has 17 heavy (non-hydrogen) atoms. The van der Waals surface area contributed by atoms with Gasteiger partial charge in [0.25, 0.3) is 0 Å². The largest absolute Gasteiger partial charge is 0.316 e. The first-order chi connectivity index (χ1) is 8.22. The van der Waals surface area contributed by atoms with E-state index in [0.717, 1.165) is 50.1 Å². The van der Waals surface area contributed by atoms with Crippen molar-refractivity contribution in [2.45, 2.75) is 6.54 Å². The fourth-order valence-electron chi connectivity index (χ4n) is 2.98. The number of halogens is 2. The SMILES string of the molecule is Fc1ccc(CN2C[C@H]3CNC[C@H]3C2)cc1Cl. The number of rotatable bonds is 2. The monoisotopic (exact) mass is 254 g/mol. The van der Waals surface area contributed by atoms with Crippen molar-refractivity contribution >= 4 is 11.6 Å². The van der Waals surface area contributed by atoms with Gasteiger partial charge >= 0.3 is 0 Å². The highest BCUT2D eigenvalue weighted by Crippen LogP contribution is 2.28. The lowest BCUT2D eigenvalue weighted by molar-refractivity contribution is 0.305. The van der Waals surface area contributed by atoms with E-state index in [1.807, 2.05) is 6.07 Å². The molecule has 0 saturated carbocycles. The number of nitrogens with one attached hydrogen (secondary N) is 1. The number of nitrogens with zero attached hydrogens (tertiary/aromatic N) is 1. The summed E-state index contributed by atoms with van der Waals surface area (Å²) in [5.74, 6) is 1.26. The van der Waals surface area contributed by atoms with Gasteiger partial charge in [-0.2, -0.15) is 0 Å². The zero-order valence-electron chi connectivity index (χ0n) is 9.63. The van der Waals surface area contributed by atoms with E-state index >= 15 is 0 Å². The van der Waals surface area contributed by atoms with Crippen LogP contribution in [0.15, 0.2) is 18.2 Å². The first-order valence-electron chi connectivity index (χ1n) is 6.09. The zero-order chi connectivity index (χ0) is 11.8. The molecule has 1 N–H and O–H groups in total. The minimum Gasteiger partial charge on any atom is -0.316 e. The highest BCUT2D eigenvalue weighted by atomic mass is 35.5. The van der Waals surface area contributed by atoms with E-state index in [9.17, 15) is 4.39 Å². The molecule has 2 aliphatic heterocycles. The van der Waals surface area contributed by atoms with Crippen LogP contribution in [0.4, 0.5) is 4.39 Å². The summed E-state index contributed by atoms with van der Waals surface area (Å²) in [5, 5.41) is 3.65. The molecular weight excluding hydrogens is 239 g/mol. The maximum Gasteiger partial charge on any atom is 0.141 e. The molecule has 2 saturated heterocycles. The van der Waals surface area contributed by atoms with Crippen LogP contribution in [0.5, 0.6) is 0 Å². The predicted octanol–water partition coefficient (Wildman–Crippen LogP) is 2.13. The third-order valence-electron chi connectivity index (χ3n) is 3.86. The molecular formula is C13H16ClFN2. The number of benzene rings is 1. The quantitative estimate of drug-likeness (QED) is 0.870. The van der Waals surface area contributed by atoms with Crippen LogP contribution in [0.3, 0.4) is 0 Å². The van der Waals surface area contributed by atoms with E-state index in [2.05, 4.69) is 10.2 Å². The molecule has 2 atom stereocenters. The topological polar surface area (TPSA) is 15.3 Å². The molecule has 0 amide bonds. The van der Waals surface area contributed by atoms with Gasteiger partial charge < -0.3 is 5.32 Å². The summed E-state index contributed by atoms with van der Waals surface area (Å²) in [4.78, 5) is 2.44. The average molecular weight is 255 g/mol. The second-order valence-electron chi connectivity index (χ2n) is 5.12. The molecule has 1 aromatic carbocycles. The molecule has 0 aromatic heterocycles. The van der Waals surface area contributed by atoms with Crippen molar-refractivity contribution in [3.05, 3.63) is 34.6 Å². The average Bonchev–Trinajstić information content (AvgIpc) is 2.84. The molecule has 4 heteroatoms. The van der Waals surface area contributed by atoms with Gasteiger partial charge in [-0.25, -0.2) is 4.39 Å². The smallest absolute Gasteiger partial charge is 0.141 e. The number of hydrogen-bond donors (Lipinski definition) is 1. The second kappa shape index (κ2) is 4.56. The standard InChI is InChI=1S/C13H16ClFN2/c14-12-3-9(1-2-13(12)15)6-17-7-10-4-16-5-11(10)8-17/h1-3,10-11,16H,4-8H2/t10-,11+. The zero-order valence-corrected chi connectivity index (χ0v) is 10.4. The van der Waals surface area contributed by atoms with Gasteiger partial charge in [0.2, 0.25) is 0 Å². The number of hydrogen-bond acceptors (Lipinski definition) is 2. The Morgan fingerprint density at radius 3 is 2.65 bits per heavy atom. The highest BCUT2D eigenvalue weighted by molar-refractivity contribution is 6.30. The van der Waals surface area contributed by atoms with Gasteiger partial charge in [-0.05, 0) is 42.6 Å². The predicted molar refractivity (Wildman–Crippen MR) is 66.5 cm³/mol. The Morgan fingerprint density at radius 2 is 2.00 bits per heavy atom. The molecule has 2 aliphatic rings. The Morgan fingerprint density at radius 1 is 1.29 bits per heavy atom. The number of likely N-dealkylation sites (tertiary alicyclic amines) is 1. The lowest BCUT2D eigenvalue weighted by atomic mass is 10.0. The van der Waals surface area contributed by atoms with Gasteiger partial charge in [-0.15, -0.1) is 0 Å². The van der Waals surface area contributed by atoms with E-state index in [-0.39, 0.29) is 10.8 Å². The van der Waals surface area contributed by atoms with Gasteiger partial charge in [0.05, 0.1) is 5.02 Å². The summed E-state index contributed by atoms with van der Waals surface area (Å²) >= 11 is 5.79. The molecule has 2 fully saturated rings. The summed E-state index contributed by atoms with van der Waals surface area (Å²) in [6.45, 7) is 5.46. The van der Waals surface area contributed by atoms with Crippen LogP contribution in [0.1, 0.15) is 5.56 Å². The van der Waals surface area contributed by atoms with Crippen LogP contribution in [-0.2, 0) is 6.54 Å². The first-order valence-corrected chi connectivity index (χ1v) is 6.47. The van der Waals surface area contributed by atoms with Crippen molar-refractivity contribution in [2.75, 3.05) is 26.2 Å². The van der Waals surface area contributed by atoms with Crippen molar-refractivity contribution in [3.8, 4) is 0 Å². The Hall–Kier alpha value is -0.640. The molecule has 2 nitrogen and oxygen atoms in total. The van der Waals surface area contributed by atoms with E-state index < -0.39 is 0 Å². The number of fused-ring (bicyclic) bond motifs is 1. The molecule has 0 radical (unpaired) electrons. The van der Waals surface area contributed by atoms with Crippen LogP contribution in [0, 0.1) is 17.7 Å². The van der Waals surface area contributed by atoms with Crippen LogP contribution >= 0.6 is 11.6 Å². The fourth-order valence-corrected chi connectivity index (χ4v) is 3.18. The van der Waals surface area contributed by atoms with E-state index in [4.69, 9.17) is 11.6 Å². The highest BCUT2D eigenvalue weighted by Gasteiger charge is 2.35. The third-order valence-corrected chi connectivity index (χ3v) is 4.14. The van der Waals surface area contributed by atoms with E-state index in [0.29, 0.717) is 0 Å². The van der Waals surface area contributed by atoms with Crippen molar-refractivity contribution < 1.29 is 4.39 Å². The summed E-state index contributed by atoms with van der Waals surface area (Å²) in [7, 11) is 0. The lowest BCUT2D eigenvalue weighted by Crippen LogP contribution is -2.25. The third kappa shape index (κ3) is 2.32. The maximum absolute atomic E-state index is 13.0. The van der Waals surface area contributed by atoms with Crippen molar-refractivity contribution in [2.24, 2.45) is 11.8 Å². The Balaban J connectivity index is 1.65. The summed E-state index contributed by atoms with van der Waals surface area (Å²) in [6.07, 6.45) is 0. The fraction of sp³-hybridized carbons (Fsp3) is 0.538. The molecule has 3 rings (SSSR count).